The van der Waals surface area contributed by atoms with Crippen LogP contribution in [0, 0.1) is 11.8 Å². The van der Waals surface area contributed by atoms with Crippen molar-refractivity contribution in [1.82, 2.24) is 29.4 Å². The molecule has 4 N–H and O–H groups in total. The van der Waals surface area contributed by atoms with Crippen molar-refractivity contribution in [2.45, 2.75) is 102 Å². The average Bonchev–Trinajstić information content (AvgIpc) is 3.66. The number of likely N-dealkylation sites (tertiary alicyclic amines) is 1. The lowest BCUT2D eigenvalue weighted by Crippen LogP contribution is -2.39. The fourth-order valence-electron chi connectivity index (χ4n) is 7.03. The Balaban J connectivity index is 1.13. The van der Waals surface area contributed by atoms with E-state index >= 15 is 0 Å². The first-order chi connectivity index (χ1) is 18.1. The highest BCUT2D eigenvalue weighted by atomic mass is 15.5. The molecule has 0 aromatic carbocycles. The number of piperidine rings is 1. The number of nitrogens with zero attached hydrogens (tertiary/aromatic N) is 6. The number of nitrogens with one attached hydrogen (secondary N) is 2. The molecular formula is C28H47N9. The van der Waals surface area contributed by atoms with Crippen molar-refractivity contribution in [3.63, 3.8) is 0 Å². The summed E-state index contributed by atoms with van der Waals surface area (Å²) in [5, 5.41) is 6.01. The summed E-state index contributed by atoms with van der Waals surface area (Å²) in [6, 6.07) is 1.23. The van der Waals surface area contributed by atoms with Crippen LogP contribution in [0.25, 0.3) is 11.2 Å². The fraction of sp³-hybridized carbons (Fsp3) is 0.821. The van der Waals surface area contributed by atoms with E-state index in [2.05, 4.69) is 32.1 Å². The summed E-state index contributed by atoms with van der Waals surface area (Å²) in [7, 11) is 0. The van der Waals surface area contributed by atoms with E-state index in [9.17, 15) is 0 Å². The molecule has 1 unspecified atom stereocenters. The molecule has 0 bridgehead atoms. The smallest absolute Gasteiger partial charge is 0.227 e. The predicted molar refractivity (Wildman–Crippen MR) is 149 cm³/mol. The van der Waals surface area contributed by atoms with Crippen LogP contribution in [0.3, 0.4) is 0 Å². The van der Waals surface area contributed by atoms with Gasteiger partial charge in [-0.05, 0) is 89.1 Å². The van der Waals surface area contributed by atoms with E-state index in [4.69, 9.17) is 20.7 Å². The molecule has 2 aliphatic carbocycles. The molecule has 4 heterocycles. The van der Waals surface area contributed by atoms with E-state index in [1.165, 1.54) is 71.0 Å². The summed E-state index contributed by atoms with van der Waals surface area (Å²) in [4.78, 5) is 17.5. The van der Waals surface area contributed by atoms with Crippen molar-refractivity contribution < 1.29 is 0 Å². The number of hydrazine groups is 1. The van der Waals surface area contributed by atoms with Gasteiger partial charge in [0.05, 0.1) is 6.33 Å². The highest BCUT2D eigenvalue weighted by Crippen LogP contribution is 2.34. The van der Waals surface area contributed by atoms with Gasteiger partial charge in [0.15, 0.2) is 17.0 Å². The molecule has 2 saturated carbocycles. The highest BCUT2D eigenvalue weighted by molar-refractivity contribution is 5.84. The van der Waals surface area contributed by atoms with Gasteiger partial charge in [-0.1, -0.05) is 19.8 Å². The molecule has 204 valence electrons. The molecular weight excluding hydrogens is 462 g/mol. The molecule has 0 spiro atoms. The Morgan fingerprint density at radius 3 is 2.46 bits per heavy atom. The minimum absolute atomic E-state index is 0.337. The molecule has 0 radical (unpaired) electrons. The first-order valence-corrected chi connectivity index (χ1v) is 15.1. The molecule has 2 aliphatic heterocycles. The third-order valence-electron chi connectivity index (χ3n) is 9.48. The maximum absolute atomic E-state index is 6.15. The van der Waals surface area contributed by atoms with Crippen LogP contribution < -0.4 is 16.5 Å². The van der Waals surface area contributed by atoms with Crippen molar-refractivity contribution in [2.75, 3.05) is 43.5 Å². The molecule has 4 fully saturated rings. The summed E-state index contributed by atoms with van der Waals surface area (Å²) in [5.74, 6) is 3.28. The molecule has 6 rings (SSSR count). The van der Waals surface area contributed by atoms with Gasteiger partial charge in [-0.2, -0.15) is 9.97 Å². The number of rotatable bonds is 8. The quantitative estimate of drug-likeness (QED) is 0.482. The Bertz CT molecular complexity index is 1020. The van der Waals surface area contributed by atoms with Gasteiger partial charge < -0.3 is 25.9 Å². The summed E-state index contributed by atoms with van der Waals surface area (Å²) >= 11 is 0. The van der Waals surface area contributed by atoms with E-state index in [1.54, 1.807) is 0 Å². The second-order valence-electron chi connectivity index (χ2n) is 12.4. The van der Waals surface area contributed by atoms with Crippen molar-refractivity contribution in [1.29, 1.82) is 0 Å². The number of nitrogens with two attached hydrogens (primary N) is 1. The van der Waals surface area contributed by atoms with Crippen LogP contribution in [0.15, 0.2) is 6.33 Å². The monoisotopic (exact) mass is 509 g/mol. The van der Waals surface area contributed by atoms with Gasteiger partial charge in [0.2, 0.25) is 5.95 Å². The van der Waals surface area contributed by atoms with Gasteiger partial charge in [0, 0.05) is 37.8 Å². The summed E-state index contributed by atoms with van der Waals surface area (Å²) in [6.45, 7) is 8.36. The Morgan fingerprint density at radius 1 is 0.946 bits per heavy atom. The molecule has 2 aromatic heterocycles. The van der Waals surface area contributed by atoms with Gasteiger partial charge in [-0.3, -0.25) is 0 Å². The van der Waals surface area contributed by atoms with Crippen LogP contribution in [-0.4, -0.2) is 74.2 Å². The van der Waals surface area contributed by atoms with Gasteiger partial charge in [-0.25, -0.2) is 9.99 Å². The molecule has 37 heavy (non-hydrogen) atoms. The minimum Gasteiger partial charge on any atom is -0.351 e. The lowest BCUT2D eigenvalue weighted by atomic mass is 9.92. The third-order valence-corrected chi connectivity index (χ3v) is 9.48. The molecule has 9 nitrogen and oxygen atoms in total. The van der Waals surface area contributed by atoms with Gasteiger partial charge in [-0.15, -0.1) is 0 Å². The van der Waals surface area contributed by atoms with E-state index in [0.717, 1.165) is 73.5 Å². The number of aromatic nitrogens is 4. The van der Waals surface area contributed by atoms with Crippen molar-refractivity contribution >= 4 is 22.9 Å². The fourth-order valence-corrected chi connectivity index (χ4v) is 7.03. The SMILES string of the molecule is CC1CCN(CCC2CCN(Nc3nc(NC4CCC(N)CC4)nc4c3ncn4C3CCCC3)CC2)C1. The first kappa shape index (κ1) is 25.3. The number of fused-ring (bicyclic) bond motifs is 1. The molecule has 2 saturated heterocycles. The van der Waals surface area contributed by atoms with E-state index in [0.29, 0.717) is 18.1 Å². The zero-order valence-electron chi connectivity index (χ0n) is 22.7. The van der Waals surface area contributed by atoms with Crippen LogP contribution >= 0.6 is 0 Å². The second kappa shape index (κ2) is 11.4. The topological polar surface area (TPSA) is 100 Å². The summed E-state index contributed by atoms with van der Waals surface area (Å²) in [5.41, 5.74) is 11.7. The Morgan fingerprint density at radius 2 is 1.73 bits per heavy atom. The standard InChI is InChI=1S/C28H47N9/c1-20-10-14-35(18-20)15-11-21-12-16-36(17-13-21)34-26-25-27(37(19-30-25)24-4-2-3-5-24)33-28(32-26)31-23-8-6-22(29)7-9-23/h19-24H,2-18,29H2,1H3,(H2,31,32,33,34). The van der Waals surface area contributed by atoms with Crippen molar-refractivity contribution in [3.05, 3.63) is 6.33 Å². The average molecular weight is 510 g/mol. The molecule has 2 aromatic rings. The summed E-state index contributed by atoms with van der Waals surface area (Å²) in [6.07, 6.45) is 16.5. The maximum atomic E-state index is 6.15. The van der Waals surface area contributed by atoms with Crippen LogP contribution in [0.5, 0.6) is 0 Å². The normalized spacial score (nSPS) is 28.9. The molecule has 4 aliphatic rings. The highest BCUT2D eigenvalue weighted by Gasteiger charge is 2.26. The van der Waals surface area contributed by atoms with Crippen molar-refractivity contribution in [2.24, 2.45) is 17.6 Å². The minimum atomic E-state index is 0.337. The lowest BCUT2D eigenvalue weighted by molar-refractivity contribution is 0.192. The number of anilines is 2. The maximum Gasteiger partial charge on any atom is 0.227 e. The molecule has 9 heteroatoms. The van der Waals surface area contributed by atoms with Gasteiger partial charge >= 0.3 is 0 Å². The zero-order chi connectivity index (χ0) is 25.2. The Hall–Kier alpha value is -1.97. The van der Waals surface area contributed by atoms with Crippen LogP contribution in [0.1, 0.15) is 90.0 Å². The largest absolute Gasteiger partial charge is 0.351 e. The zero-order valence-corrected chi connectivity index (χ0v) is 22.7. The molecule has 0 amide bonds. The lowest BCUT2D eigenvalue weighted by Gasteiger charge is -2.33. The Labute approximate surface area is 221 Å². The van der Waals surface area contributed by atoms with Gasteiger partial charge in [0.1, 0.15) is 0 Å². The Kier molecular flexibility index (Phi) is 7.81. The second-order valence-corrected chi connectivity index (χ2v) is 12.4. The predicted octanol–water partition coefficient (Wildman–Crippen LogP) is 4.39. The van der Waals surface area contributed by atoms with E-state index in [1.807, 2.05) is 6.33 Å². The van der Waals surface area contributed by atoms with Crippen LogP contribution in [0.4, 0.5) is 11.8 Å². The third kappa shape index (κ3) is 6.04. The summed E-state index contributed by atoms with van der Waals surface area (Å²) < 4.78 is 2.31. The van der Waals surface area contributed by atoms with Crippen LogP contribution in [-0.2, 0) is 0 Å². The first-order valence-electron chi connectivity index (χ1n) is 15.1. The number of hydrogen-bond donors (Lipinski definition) is 3. The van der Waals surface area contributed by atoms with Crippen molar-refractivity contribution in [3.8, 4) is 0 Å². The van der Waals surface area contributed by atoms with Crippen LogP contribution in [0.2, 0.25) is 0 Å². The van der Waals surface area contributed by atoms with Gasteiger partial charge in [0.25, 0.3) is 0 Å². The molecule has 1 atom stereocenters. The van der Waals surface area contributed by atoms with E-state index < -0.39 is 0 Å². The number of imidazole rings is 1. The number of hydrogen-bond acceptors (Lipinski definition) is 8. The van der Waals surface area contributed by atoms with E-state index in [-0.39, 0.29) is 0 Å².